The van der Waals surface area contributed by atoms with Gasteiger partial charge in [-0.05, 0) is 48.6 Å². The Morgan fingerprint density at radius 1 is 1.26 bits per heavy atom. The monoisotopic (exact) mass is 426 g/mol. The fraction of sp³-hybridized carbons (Fsp3) is 0.435. The van der Waals surface area contributed by atoms with Crippen molar-refractivity contribution in [3.63, 3.8) is 0 Å². The normalized spacial score (nSPS) is 16.4. The Bertz CT molecular complexity index is 873. The maximum Gasteiger partial charge on any atom is 0.413 e. The van der Waals surface area contributed by atoms with Gasteiger partial charge in [0.05, 0.1) is 19.9 Å². The summed E-state index contributed by atoms with van der Waals surface area (Å²) in [6.07, 6.45) is 6.95. The number of hydrazone groups is 1. The molecule has 1 amide bonds. The fourth-order valence-electron chi connectivity index (χ4n) is 3.12. The number of hydrogen-bond donors (Lipinski definition) is 1. The molecule has 3 rings (SSSR count). The fourth-order valence-corrected chi connectivity index (χ4v) is 3.12. The predicted molar refractivity (Wildman–Crippen MR) is 120 cm³/mol. The van der Waals surface area contributed by atoms with Crippen LogP contribution in [-0.2, 0) is 4.74 Å². The summed E-state index contributed by atoms with van der Waals surface area (Å²) in [4.78, 5) is 16.5. The van der Waals surface area contributed by atoms with Crippen LogP contribution in [0.4, 0.5) is 10.5 Å². The van der Waals surface area contributed by atoms with E-state index in [4.69, 9.17) is 14.2 Å². The lowest BCUT2D eigenvalue weighted by molar-refractivity contribution is -0.0297. The van der Waals surface area contributed by atoms with Crippen LogP contribution in [0.3, 0.4) is 0 Å². The molecular formula is C23H30N4O4. The van der Waals surface area contributed by atoms with Gasteiger partial charge in [-0.1, -0.05) is 13.8 Å². The van der Waals surface area contributed by atoms with Crippen LogP contribution >= 0.6 is 0 Å². The van der Waals surface area contributed by atoms with E-state index in [0.29, 0.717) is 29.7 Å². The van der Waals surface area contributed by atoms with Crippen molar-refractivity contribution in [3.05, 3.63) is 48.3 Å². The number of nitrogens with one attached hydrogen (secondary N) is 1. The van der Waals surface area contributed by atoms with Crippen molar-refractivity contribution in [2.24, 2.45) is 11.0 Å². The second-order valence-corrected chi connectivity index (χ2v) is 7.74. The number of anilines is 1. The van der Waals surface area contributed by atoms with Crippen LogP contribution in [0.2, 0.25) is 0 Å². The number of rotatable bonds is 8. The number of carbonyl (C=O) groups excluding carboxylic acids is 1. The van der Waals surface area contributed by atoms with Gasteiger partial charge in [-0.2, -0.15) is 5.10 Å². The van der Waals surface area contributed by atoms with Crippen molar-refractivity contribution >= 4 is 18.0 Å². The third-order valence-electron chi connectivity index (χ3n) is 4.71. The summed E-state index contributed by atoms with van der Waals surface area (Å²) < 4.78 is 16.8. The molecule has 0 spiro atoms. The van der Waals surface area contributed by atoms with Gasteiger partial charge < -0.3 is 14.2 Å². The summed E-state index contributed by atoms with van der Waals surface area (Å²) in [6.45, 7) is 5.42. The second kappa shape index (κ2) is 11.2. The lowest BCUT2D eigenvalue weighted by Gasteiger charge is -2.32. The van der Waals surface area contributed by atoms with Crippen LogP contribution in [-0.4, -0.2) is 48.8 Å². The molecule has 1 aliphatic heterocycles. The van der Waals surface area contributed by atoms with E-state index >= 15 is 0 Å². The molecule has 0 radical (unpaired) electrons. The first-order chi connectivity index (χ1) is 15.0. The van der Waals surface area contributed by atoms with Crippen molar-refractivity contribution in [1.82, 2.24) is 9.99 Å². The van der Waals surface area contributed by atoms with Crippen LogP contribution in [0.5, 0.6) is 11.5 Å². The van der Waals surface area contributed by atoms with E-state index in [1.165, 1.54) is 0 Å². The highest BCUT2D eigenvalue weighted by Gasteiger charge is 2.24. The number of carbonyl (C=O) groups is 1. The zero-order valence-corrected chi connectivity index (χ0v) is 18.3. The maximum atomic E-state index is 12.5. The third kappa shape index (κ3) is 6.87. The molecule has 1 unspecified atom stereocenters. The van der Waals surface area contributed by atoms with Gasteiger partial charge in [0.2, 0.25) is 0 Å². The molecule has 2 heterocycles. The van der Waals surface area contributed by atoms with Crippen molar-refractivity contribution in [3.8, 4) is 11.5 Å². The molecule has 1 aromatic heterocycles. The Kier molecular flexibility index (Phi) is 8.09. The average molecular weight is 427 g/mol. The molecule has 1 fully saturated rings. The predicted octanol–water partition coefficient (Wildman–Crippen LogP) is 4.52. The van der Waals surface area contributed by atoms with Gasteiger partial charge in [-0.15, -0.1) is 0 Å². The number of ether oxygens (including phenoxy) is 3. The van der Waals surface area contributed by atoms with Crippen LogP contribution in [0.25, 0.3) is 0 Å². The minimum atomic E-state index is -0.531. The third-order valence-corrected chi connectivity index (χ3v) is 4.71. The standard InChI is InChI=1S/C23H30N4O4/c1-17(2)16-30-21-14-19(7-8-20(21)29-3)26-23(28)31-22-6-4-5-13-27(22)25-15-18-9-11-24-12-10-18/h7-12,14-15,17,22H,4-6,13,16H2,1-3H3,(H,26,28). The highest BCUT2D eigenvalue weighted by Crippen LogP contribution is 2.31. The van der Waals surface area contributed by atoms with Crippen molar-refractivity contribution in [2.75, 3.05) is 25.6 Å². The van der Waals surface area contributed by atoms with Crippen LogP contribution in [0.15, 0.2) is 47.8 Å². The highest BCUT2D eigenvalue weighted by atomic mass is 16.6. The molecule has 0 saturated carbocycles. The second-order valence-electron chi connectivity index (χ2n) is 7.74. The number of nitrogens with zero attached hydrogens (tertiary/aromatic N) is 3. The van der Waals surface area contributed by atoms with Gasteiger partial charge >= 0.3 is 6.09 Å². The Labute approximate surface area is 183 Å². The van der Waals surface area contributed by atoms with Gasteiger partial charge in [0.1, 0.15) is 0 Å². The summed E-state index contributed by atoms with van der Waals surface area (Å²) in [5, 5.41) is 9.11. The van der Waals surface area contributed by atoms with Gasteiger partial charge in [0, 0.05) is 37.1 Å². The molecule has 2 aromatic rings. The van der Waals surface area contributed by atoms with Crippen LogP contribution in [0.1, 0.15) is 38.7 Å². The van der Waals surface area contributed by atoms with Crippen molar-refractivity contribution in [1.29, 1.82) is 0 Å². The lowest BCUT2D eigenvalue weighted by Crippen LogP contribution is -2.40. The molecule has 0 bridgehead atoms. The molecule has 8 heteroatoms. The Morgan fingerprint density at radius 2 is 2.06 bits per heavy atom. The van der Waals surface area contributed by atoms with Crippen LogP contribution < -0.4 is 14.8 Å². The molecule has 1 saturated heterocycles. The van der Waals surface area contributed by atoms with E-state index in [-0.39, 0.29) is 0 Å². The SMILES string of the molecule is COc1ccc(NC(=O)OC2CCCCN2N=Cc2ccncc2)cc1OCC(C)C. The summed E-state index contributed by atoms with van der Waals surface area (Å²) in [7, 11) is 1.59. The number of aromatic nitrogens is 1. The Hall–Kier alpha value is -3.29. The summed E-state index contributed by atoms with van der Waals surface area (Å²) in [5.41, 5.74) is 1.52. The highest BCUT2D eigenvalue weighted by molar-refractivity contribution is 5.85. The van der Waals surface area contributed by atoms with E-state index in [2.05, 4.69) is 29.2 Å². The molecule has 8 nitrogen and oxygen atoms in total. The average Bonchev–Trinajstić information content (AvgIpc) is 2.78. The molecule has 1 N–H and O–H groups in total. The zero-order valence-electron chi connectivity index (χ0n) is 18.3. The minimum Gasteiger partial charge on any atom is -0.493 e. The number of amides is 1. The van der Waals surface area contributed by atoms with Gasteiger partial charge in [0.25, 0.3) is 0 Å². The first kappa shape index (κ1) is 22.4. The van der Waals surface area contributed by atoms with E-state index in [1.807, 2.05) is 17.1 Å². The molecule has 0 aliphatic carbocycles. The van der Waals surface area contributed by atoms with Crippen molar-refractivity contribution < 1.29 is 19.0 Å². The first-order valence-electron chi connectivity index (χ1n) is 10.5. The lowest BCUT2D eigenvalue weighted by atomic mass is 10.1. The molecule has 31 heavy (non-hydrogen) atoms. The number of piperidine rings is 1. The Balaban J connectivity index is 1.62. The van der Waals surface area contributed by atoms with E-state index < -0.39 is 12.3 Å². The number of methoxy groups -OCH3 is 1. The number of pyridine rings is 1. The molecule has 1 aliphatic rings. The number of benzene rings is 1. The van der Waals surface area contributed by atoms with E-state index in [9.17, 15) is 4.79 Å². The molecule has 166 valence electrons. The van der Waals surface area contributed by atoms with Gasteiger partial charge in [-0.25, -0.2) is 4.79 Å². The Morgan fingerprint density at radius 3 is 2.81 bits per heavy atom. The summed E-state index contributed by atoms with van der Waals surface area (Å²) in [5.74, 6) is 1.56. The maximum absolute atomic E-state index is 12.5. The molecule has 1 aromatic carbocycles. The quantitative estimate of drug-likeness (QED) is 0.625. The summed E-state index contributed by atoms with van der Waals surface area (Å²) >= 11 is 0. The van der Waals surface area contributed by atoms with Crippen LogP contribution in [0, 0.1) is 5.92 Å². The van der Waals surface area contributed by atoms with E-state index in [1.54, 1.807) is 43.9 Å². The first-order valence-corrected chi connectivity index (χ1v) is 10.5. The molecule has 1 atom stereocenters. The topological polar surface area (TPSA) is 85.3 Å². The van der Waals surface area contributed by atoms with Crippen molar-refractivity contribution in [2.45, 2.75) is 39.3 Å². The molecular weight excluding hydrogens is 396 g/mol. The van der Waals surface area contributed by atoms with Gasteiger partial charge in [-0.3, -0.25) is 15.3 Å². The van der Waals surface area contributed by atoms with Gasteiger partial charge in [0.15, 0.2) is 17.7 Å². The smallest absolute Gasteiger partial charge is 0.413 e. The minimum absolute atomic E-state index is 0.372. The largest absolute Gasteiger partial charge is 0.493 e. The summed E-state index contributed by atoms with van der Waals surface area (Å²) in [6, 6.07) is 9.00. The van der Waals surface area contributed by atoms with E-state index in [0.717, 1.165) is 31.4 Å². The zero-order chi connectivity index (χ0) is 22.1. The number of hydrogen-bond acceptors (Lipinski definition) is 7.